The van der Waals surface area contributed by atoms with Crippen molar-refractivity contribution in [2.75, 3.05) is 25.1 Å². The number of carbonyl (C=O) groups excluding carboxylic acids is 1. The van der Waals surface area contributed by atoms with Crippen LogP contribution in [0.4, 0.5) is 5.82 Å². The Labute approximate surface area is 170 Å². The Morgan fingerprint density at radius 1 is 1.28 bits per heavy atom. The molecule has 4 rings (SSSR count). The summed E-state index contributed by atoms with van der Waals surface area (Å²) < 4.78 is 33.4. The molecule has 0 radical (unpaired) electrons. The molecule has 3 aliphatic rings. The number of aromatic nitrogens is 1. The van der Waals surface area contributed by atoms with Crippen LogP contribution in [0.3, 0.4) is 0 Å². The lowest BCUT2D eigenvalue weighted by molar-refractivity contribution is -0.132. The average molecular weight is 425 g/mol. The molecular weight excluding hydrogens is 396 g/mol. The zero-order chi connectivity index (χ0) is 20.7. The molecule has 10 heteroatoms. The molecule has 1 amide bonds. The van der Waals surface area contributed by atoms with E-state index in [1.807, 2.05) is 0 Å². The SMILES string of the molecule is NC(=O)C1(CNc2cccc(S(=O)(=O)NC3CC4(CCC4O)C3)n2)CCOCC1. The van der Waals surface area contributed by atoms with Crippen molar-refractivity contribution in [1.82, 2.24) is 9.71 Å². The number of aliphatic hydroxyl groups is 1. The lowest BCUT2D eigenvalue weighted by Crippen LogP contribution is -2.60. The first-order valence-corrected chi connectivity index (χ1v) is 11.5. The van der Waals surface area contributed by atoms with Crippen molar-refractivity contribution in [2.45, 2.75) is 55.7 Å². The van der Waals surface area contributed by atoms with E-state index < -0.39 is 21.3 Å². The minimum Gasteiger partial charge on any atom is -0.393 e. The van der Waals surface area contributed by atoms with Crippen LogP contribution in [-0.2, 0) is 19.6 Å². The second-order valence-electron chi connectivity index (χ2n) is 8.61. The van der Waals surface area contributed by atoms with Crippen molar-refractivity contribution in [3.8, 4) is 0 Å². The van der Waals surface area contributed by atoms with E-state index in [-0.39, 0.29) is 29.1 Å². The minimum atomic E-state index is -3.76. The Hall–Kier alpha value is -1.75. The predicted octanol–water partition coefficient (Wildman–Crippen LogP) is 0.357. The summed E-state index contributed by atoms with van der Waals surface area (Å²) in [5.74, 6) is -0.0182. The summed E-state index contributed by atoms with van der Waals surface area (Å²) in [7, 11) is -3.76. The molecule has 1 unspecified atom stereocenters. The summed E-state index contributed by atoms with van der Waals surface area (Å²) in [5.41, 5.74) is 4.80. The molecule has 9 nitrogen and oxygen atoms in total. The number of pyridine rings is 1. The summed E-state index contributed by atoms with van der Waals surface area (Å²) >= 11 is 0. The van der Waals surface area contributed by atoms with Crippen LogP contribution in [0.2, 0.25) is 0 Å². The number of hydrogen-bond acceptors (Lipinski definition) is 7. The molecule has 1 aromatic rings. The quantitative estimate of drug-likeness (QED) is 0.495. The zero-order valence-corrected chi connectivity index (χ0v) is 17.1. The van der Waals surface area contributed by atoms with Crippen molar-refractivity contribution in [2.24, 2.45) is 16.6 Å². The first kappa shape index (κ1) is 20.5. The van der Waals surface area contributed by atoms with Crippen molar-refractivity contribution in [1.29, 1.82) is 0 Å². The van der Waals surface area contributed by atoms with E-state index in [2.05, 4.69) is 15.0 Å². The molecule has 29 heavy (non-hydrogen) atoms. The number of anilines is 1. The number of primary amides is 1. The number of nitrogens with two attached hydrogens (primary N) is 1. The van der Waals surface area contributed by atoms with Crippen LogP contribution in [0.15, 0.2) is 23.2 Å². The van der Waals surface area contributed by atoms with Crippen LogP contribution < -0.4 is 15.8 Å². The largest absolute Gasteiger partial charge is 0.393 e. The third kappa shape index (κ3) is 3.86. The second kappa shape index (κ2) is 7.50. The topological polar surface area (TPSA) is 144 Å². The first-order chi connectivity index (χ1) is 13.7. The number of rotatable bonds is 7. The van der Waals surface area contributed by atoms with Gasteiger partial charge < -0.3 is 20.9 Å². The fraction of sp³-hybridized carbons (Fsp3) is 0.684. The van der Waals surface area contributed by atoms with Crippen molar-refractivity contribution in [3.05, 3.63) is 18.2 Å². The third-order valence-corrected chi connectivity index (χ3v) is 8.25. The fourth-order valence-corrected chi connectivity index (χ4v) is 5.84. The van der Waals surface area contributed by atoms with Gasteiger partial charge in [-0.2, -0.15) is 0 Å². The van der Waals surface area contributed by atoms with Crippen LogP contribution in [0, 0.1) is 10.8 Å². The molecule has 1 aromatic heterocycles. The van der Waals surface area contributed by atoms with Gasteiger partial charge in [-0.25, -0.2) is 18.1 Å². The maximum atomic E-state index is 12.7. The van der Waals surface area contributed by atoms with Crippen molar-refractivity contribution in [3.63, 3.8) is 0 Å². The van der Waals surface area contributed by atoms with E-state index >= 15 is 0 Å². The highest BCUT2D eigenvalue weighted by molar-refractivity contribution is 7.89. The van der Waals surface area contributed by atoms with Gasteiger partial charge in [-0.15, -0.1) is 0 Å². The normalized spacial score (nSPS) is 30.9. The van der Waals surface area contributed by atoms with Gasteiger partial charge in [-0.05, 0) is 56.1 Å². The number of aliphatic hydroxyl groups excluding tert-OH is 1. The highest BCUT2D eigenvalue weighted by Crippen LogP contribution is 2.56. The van der Waals surface area contributed by atoms with Crippen LogP contribution in [-0.4, -0.2) is 56.3 Å². The van der Waals surface area contributed by atoms with E-state index in [0.29, 0.717) is 44.7 Å². The van der Waals surface area contributed by atoms with Crippen molar-refractivity contribution < 1.29 is 23.1 Å². The number of nitrogens with zero attached hydrogens (tertiary/aromatic N) is 1. The molecule has 1 saturated heterocycles. The monoisotopic (exact) mass is 424 g/mol. The van der Waals surface area contributed by atoms with E-state index in [0.717, 1.165) is 12.8 Å². The Kier molecular flexibility index (Phi) is 5.30. The number of sulfonamides is 1. The number of carbonyl (C=O) groups is 1. The van der Waals surface area contributed by atoms with Crippen molar-refractivity contribution >= 4 is 21.7 Å². The Morgan fingerprint density at radius 2 is 2.00 bits per heavy atom. The maximum absolute atomic E-state index is 12.7. The molecule has 2 saturated carbocycles. The fourth-order valence-electron chi connectivity index (χ4n) is 4.64. The molecule has 2 aliphatic carbocycles. The van der Waals surface area contributed by atoms with Gasteiger partial charge in [0.2, 0.25) is 5.91 Å². The lowest BCUT2D eigenvalue weighted by Gasteiger charge is -2.57. The standard InChI is InChI=1S/C19H28N4O5S/c20-17(25)18(6-8-28-9-7-18)12-21-15-2-1-3-16(22-15)29(26,27)23-13-10-19(11-13)5-4-14(19)24/h1-3,13-14,23-24H,4-12H2,(H2,20,25)(H,21,22). The van der Waals surface area contributed by atoms with Gasteiger partial charge in [0.1, 0.15) is 5.82 Å². The zero-order valence-electron chi connectivity index (χ0n) is 16.3. The lowest BCUT2D eigenvalue weighted by atomic mass is 9.52. The molecule has 3 fully saturated rings. The summed E-state index contributed by atoms with van der Waals surface area (Å²) in [5, 5.41) is 12.9. The van der Waals surface area contributed by atoms with Gasteiger partial charge in [0.15, 0.2) is 5.03 Å². The van der Waals surface area contributed by atoms with E-state index in [4.69, 9.17) is 10.5 Å². The number of amides is 1. The van der Waals surface area contributed by atoms with Gasteiger partial charge in [0, 0.05) is 25.8 Å². The maximum Gasteiger partial charge on any atom is 0.258 e. The first-order valence-electron chi connectivity index (χ1n) is 10.0. The van der Waals surface area contributed by atoms with Gasteiger partial charge in [-0.1, -0.05) is 6.07 Å². The molecule has 1 aliphatic heterocycles. The smallest absolute Gasteiger partial charge is 0.258 e. The summed E-state index contributed by atoms with van der Waals surface area (Å²) in [6, 6.07) is 4.55. The second-order valence-corrected chi connectivity index (χ2v) is 10.3. The molecule has 1 spiro atoms. The summed E-state index contributed by atoms with van der Waals surface area (Å²) in [6.45, 7) is 1.21. The number of ether oxygens (including phenoxy) is 1. The molecule has 5 N–H and O–H groups in total. The summed E-state index contributed by atoms with van der Waals surface area (Å²) in [6.07, 6.45) is 3.80. The van der Waals surface area contributed by atoms with Gasteiger partial charge in [0.25, 0.3) is 10.0 Å². The molecule has 0 aromatic carbocycles. The summed E-state index contributed by atoms with van der Waals surface area (Å²) in [4.78, 5) is 16.2. The molecule has 160 valence electrons. The highest BCUT2D eigenvalue weighted by Gasteiger charge is 2.55. The van der Waals surface area contributed by atoms with E-state index in [1.165, 1.54) is 6.07 Å². The van der Waals surface area contributed by atoms with Gasteiger partial charge >= 0.3 is 0 Å². The van der Waals surface area contributed by atoms with Crippen LogP contribution in [0.25, 0.3) is 0 Å². The van der Waals surface area contributed by atoms with E-state index in [1.54, 1.807) is 12.1 Å². The van der Waals surface area contributed by atoms with E-state index in [9.17, 15) is 18.3 Å². The van der Waals surface area contributed by atoms with Crippen LogP contribution >= 0.6 is 0 Å². The Balaban J connectivity index is 1.39. The molecule has 1 atom stereocenters. The highest BCUT2D eigenvalue weighted by atomic mass is 32.2. The molecule has 2 heterocycles. The third-order valence-electron chi connectivity index (χ3n) is 6.83. The van der Waals surface area contributed by atoms with Gasteiger partial charge in [0.05, 0.1) is 11.5 Å². The molecular formula is C19H28N4O5S. The van der Waals surface area contributed by atoms with Crippen LogP contribution in [0.1, 0.15) is 38.5 Å². The Bertz CT molecular complexity index is 878. The predicted molar refractivity (Wildman–Crippen MR) is 105 cm³/mol. The minimum absolute atomic E-state index is 0.0716. The average Bonchev–Trinajstić information content (AvgIpc) is 2.68. The van der Waals surface area contributed by atoms with Crippen LogP contribution in [0.5, 0.6) is 0 Å². The number of hydrogen-bond donors (Lipinski definition) is 4. The number of nitrogens with one attached hydrogen (secondary N) is 2. The van der Waals surface area contributed by atoms with Gasteiger partial charge in [-0.3, -0.25) is 4.79 Å². The Morgan fingerprint density at radius 3 is 2.59 bits per heavy atom. The molecule has 0 bridgehead atoms.